The van der Waals surface area contributed by atoms with Crippen LogP contribution in [0.4, 0.5) is 5.69 Å². The summed E-state index contributed by atoms with van der Waals surface area (Å²) in [5.74, 6) is 1.16. The van der Waals surface area contributed by atoms with Gasteiger partial charge in [0.1, 0.15) is 0 Å². The molecule has 3 rings (SSSR count). The number of nitrogens with zero attached hydrogens (tertiary/aromatic N) is 1. The first-order valence-electron chi connectivity index (χ1n) is 6.86. The molecule has 0 fully saturated rings. The van der Waals surface area contributed by atoms with Gasteiger partial charge in [-0.25, -0.2) is 0 Å². The zero-order valence-corrected chi connectivity index (χ0v) is 12.3. The highest BCUT2D eigenvalue weighted by molar-refractivity contribution is 7.99. The van der Waals surface area contributed by atoms with Crippen molar-refractivity contribution < 1.29 is 4.79 Å². The third-order valence-corrected chi connectivity index (χ3v) is 4.60. The average Bonchev–Trinajstić information content (AvgIpc) is 2.69. The van der Waals surface area contributed by atoms with Crippen LogP contribution in [0.3, 0.4) is 0 Å². The van der Waals surface area contributed by atoms with Gasteiger partial charge in [-0.15, -0.1) is 11.8 Å². The molecule has 2 aromatic rings. The minimum absolute atomic E-state index is 0.101. The summed E-state index contributed by atoms with van der Waals surface area (Å²) in [5, 5.41) is 0. The van der Waals surface area contributed by atoms with Crippen molar-refractivity contribution in [2.75, 3.05) is 17.2 Å². The molecule has 2 aromatic carbocycles. The van der Waals surface area contributed by atoms with Crippen molar-refractivity contribution in [3.05, 3.63) is 59.7 Å². The second-order valence-electron chi connectivity index (χ2n) is 5.00. The molecule has 0 aliphatic carbocycles. The van der Waals surface area contributed by atoms with Crippen LogP contribution in [-0.4, -0.2) is 18.2 Å². The lowest BCUT2D eigenvalue weighted by Gasteiger charge is -2.22. The van der Waals surface area contributed by atoms with Gasteiger partial charge in [0.05, 0.1) is 5.69 Å². The van der Waals surface area contributed by atoms with Gasteiger partial charge < -0.3 is 4.90 Å². The number of aryl methyl sites for hydroxylation is 1. The molecule has 102 valence electrons. The zero-order valence-electron chi connectivity index (χ0n) is 11.5. The van der Waals surface area contributed by atoms with Crippen LogP contribution in [0.2, 0.25) is 0 Å². The maximum absolute atomic E-state index is 12.8. The lowest BCUT2D eigenvalue weighted by atomic mass is 10.1. The van der Waals surface area contributed by atoms with E-state index in [2.05, 4.69) is 6.07 Å². The van der Waals surface area contributed by atoms with Gasteiger partial charge in [-0.2, -0.15) is 0 Å². The molecule has 0 atom stereocenters. The molecule has 1 aliphatic rings. The maximum Gasteiger partial charge on any atom is 0.258 e. The lowest BCUT2D eigenvalue weighted by Crippen LogP contribution is -2.31. The van der Waals surface area contributed by atoms with Crippen molar-refractivity contribution in [2.45, 2.75) is 18.2 Å². The molecule has 20 heavy (non-hydrogen) atoms. The first-order chi connectivity index (χ1) is 9.75. The third-order valence-electron chi connectivity index (χ3n) is 3.45. The number of hydrogen-bond donors (Lipinski definition) is 0. The summed E-state index contributed by atoms with van der Waals surface area (Å²) in [6.07, 6.45) is 1.02. The van der Waals surface area contributed by atoms with E-state index in [4.69, 9.17) is 0 Å². The Bertz CT molecular complexity index is 638. The SMILES string of the molecule is Cc1cccc(C(=O)N2CCCSc3ccccc32)c1. The summed E-state index contributed by atoms with van der Waals surface area (Å²) in [6.45, 7) is 2.81. The summed E-state index contributed by atoms with van der Waals surface area (Å²) in [6, 6.07) is 16.0. The molecule has 0 N–H and O–H groups in total. The van der Waals surface area contributed by atoms with Gasteiger partial charge in [-0.3, -0.25) is 4.79 Å². The number of carbonyl (C=O) groups is 1. The van der Waals surface area contributed by atoms with Crippen LogP contribution in [0.5, 0.6) is 0 Å². The summed E-state index contributed by atoms with van der Waals surface area (Å²) in [4.78, 5) is 15.9. The fourth-order valence-electron chi connectivity index (χ4n) is 2.47. The van der Waals surface area contributed by atoms with Crippen molar-refractivity contribution >= 4 is 23.4 Å². The Morgan fingerprint density at radius 1 is 1.15 bits per heavy atom. The quantitative estimate of drug-likeness (QED) is 0.784. The smallest absolute Gasteiger partial charge is 0.258 e. The summed E-state index contributed by atoms with van der Waals surface area (Å²) < 4.78 is 0. The van der Waals surface area contributed by atoms with Crippen molar-refractivity contribution in [1.29, 1.82) is 0 Å². The lowest BCUT2D eigenvalue weighted by molar-refractivity contribution is 0.0986. The van der Waals surface area contributed by atoms with Gasteiger partial charge in [0.25, 0.3) is 5.91 Å². The second kappa shape index (κ2) is 5.71. The predicted molar refractivity (Wildman–Crippen MR) is 84.6 cm³/mol. The monoisotopic (exact) mass is 283 g/mol. The summed E-state index contributed by atoms with van der Waals surface area (Å²) in [7, 11) is 0. The first kappa shape index (κ1) is 13.3. The minimum atomic E-state index is 0.101. The van der Waals surface area contributed by atoms with Gasteiger partial charge >= 0.3 is 0 Å². The van der Waals surface area contributed by atoms with Gasteiger partial charge in [-0.1, -0.05) is 29.8 Å². The Morgan fingerprint density at radius 3 is 2.85 bits per heavy atom. The van der Waals surface area contributed by atoms with E-state index < -0.39 is 0 Å². The standard InChI is InChI=1S/C17H17NOS/c1-13-6-4-7-14(12-13)17(19)18-10-5-11-20-16-9-3-2-8-15(16)18/h2-4,6-9,12H,5,10-11H2,1H3. The molecule has 0 bridgehead atoms. The molecule has 3 heteroatoms. The molecule has 1 amide bonds. The number of carbonyl (C=O) groups excluding carboxylic acids is 1. The molecule has 0 radical (unpaired) electrons. The Labute approximate surface area is 123 Å². The molecule has 0 saturated carbocycles. The van der Waals surface area contributed by atoms with Crippen LogP contribution in [0, 0.1) is 6.92 Å². The highest BCUT2D eigenvalue weighted by Crippen LogP contribution is 2.34. The number of fused-ring (bicyclic) bond motifs is 1. The van der Waals surface area contributed by atoms with Gasteiger partial charge in [0.2, 0.25) is 0 Å². The number of rotatable bonds is 1. The normalized spacial score (nSPS) is 14.6. The van der Waals surface area contributed by atoms with E-state index in [1.54, 1.807) is 0 Å². The molecule has 1 heterocycles. The van der Waals surface area contributed by atoms with Crippen molar-refractivity contribution in [2.24, 2.45) is 0 Å². The number of hydrogen-bond acceptors (Lipinski definition) is 2. The van der Waals surface area contributed by atoms with E-state index in [1.165, 1.54) is 4.90 Å². The second-order valence-corrected chi connectivity index (χ2v) is 6.13. The fraction of sp³-hybridized carbons (Fsp3) is 0.235. The molecule has 2 nitrogen and oxygen atoms in total. The molecule has 0 saturated heterocycles. The van der Waals surface area contributed by atoms with E-state index in [0.29, 0.717) is 0 Å². The zero-order chi connectivity index (χ0) is 13.9. The molecule has 0 spiro atoms. The van der Waals surface area contributed by atoms with Crippen molar-refractivity contribution in [1.82, 2.24) is 0 Å². The first-order valence-corrected chi connectivity index (χ1v) is 7.84. The summed E-state index contributed by atoms with van der Waals surface area (Å²) >= 11 is 1.84. The Balaban J connectivity index is 1.99. The highest BCUT2D eigenvalue weighted by Gasteiger charge is 2.22. The predicted octanol–water partition coefficient (Wildman–Crippen LogP) is 4.14. The number of anilines is 1. The van der Waals surface area contributed by atoms with Crippen molar-refractivity contribution in [3.8, 4) is 0 Å². The van der Waals surface area contributed by atoms with E-state index in [0.717, 1.165) is 35.5 Å². The van der Waals surface area contributed by atoms with Crippen LogP contribution >= 0.6 is 11.8 Å². The molecular formula is C17H17NOS. The number of amides is 1. The Hall–Kier alpha value is -1.74. The average molecular weight is 283 g/mol. The molecule has 0 aromatic heterocycles. The van der Waals surface area contributed by atoms with E-state index >= 15 is 0 Å². The van der Waals surface area contributed by atoms with E-state index in [9.17, 15) is 4.79 Å². The Morgan fingerprint density at radius 2 is 2.00 bits per heavy atom. The van der Waals surface area contributed by atoms with Crippen LogP contribution in [0.15, 0.2) is 53.4 Å². The topological polar surface area (TPSA) is 20.3 Å². The maximum atomic E-state index is 12.8. The number of benzene rings is 2. The van der Waals surface area contributed by atoms with Crippen molar-refractivity contribution in [3.63, 3.8) is 0 Å². The van der Waals surface area contributed by atoms with E-state index in [-0.39, 0.29) is 5.91 Å². The van der Waals surface area contributed by atoms with Crippen LogP contribution in [0.25, 0.3) is 0 Å². The highest BCUT2D eigenvalue weighted by atomic mass is 32.2. The van der Waals surface area contributed by atoms with E-state index in [1.807, 2.05) is 66.1 Å². The minimum Gasteiger partial charge on any atom is -0.307 e. The fourth-order valence-corrected chi connectivity index (χ4v) is 3.47. The van der Waals surface area contributed by atoms with Gasteiger partial charge in [0.15, 0.2) is 0 Å². The summed E-state index contributed by atoms with van der Waals surface area (Å²) in [5.41, 5.74) is 2.93. The van der Waals surface area contributed by atoms with Crippen LogP contribution < -0.4 is 4.90 Å². The number of thioether (sulfide) groups is 1. The van der Waals surface area contributed by atoms with Gasteiger partial charge in [0, 0.05) is 17.0 Å². The Kier molecular flexibility index (Phi) is 3.79. The largest absolute Gasteiger partial charge is 0.307 e. The van der Waals surface area contributed by atoms with Crippen LogP contribution in [-0.2, 0) is 0 Å². The molecule has 0 unspecified atom stereocenters. The molecular weight excluding hydrogens is 266 g/mol. The third kappa shape index (κ3) is 2.59. The number of para-hydroxylation sites is 1. The van der Waals surface area contributed by atoms with Crippen LogP contribution in [0.1, 0.15) is 22.3 Å². The molecule has 1 aliphatic heterocycles. The van der Waals surface area contributed by atoms with Gasteiger partial charge in [-0.05, 0) is 43.4 Å².